The number of nitrogens with zero attached hydrogens (tertiary/aromatic N) is 1. The molecule has 0 saturated heterocycles. The van der Waals surface area contributed by atoms with Crippen LogP contribution in [0.3, 0.4) is 0 Å². The smallest absolute Gasteiger partial charge is 0.310 e. The van der Waals surface area contributed by atoms with Gasteiger partial charge >= 0.3 is 5.69 Å². The van der Waals surface area contributed by atoms with Gasteiger partial charge in [-0.05, 0) is 31.6 Å². The highest BCUT2D eigenvalue weighted by Crippen LogP contribution is 2.28. The predicted molar refractivity (Wildman–Crippen MR) is 81.6 cm³/mol. The van der Waals surface area contributed by atoms with E-state index in [1.807, 2.05) is 19.9 Å². The minimum Gasteiger partial charge on any atom is -0.483 e. The summed E-state index contributed by atoms with van der Waals surface area (Å²) in [6.45, 7) is 6.18. The third-order valence-corrected chi connectivity index (χ3v) is 2.76. The molecule has 21 heavy (non-hydrogen) atoms. The van der Waals surface area contributed by atoms with Gasteiger partial charge in [-0.1, -0.05) is 11.6 Å². The predicted octanol–water partition coefficient (Wildman–Crippen LogP) is 2.68. The molecule has 6 heteroatoms. The van der Waals surface area contributed by atoms with Crippen molar-refractivity contribution in [2.24, 2.45) is 0 Å². The molecule has 0 unspecified atom stereocenters. The van der Waals surface area contributed by atoms with Crippen molar-refractivity contribution < 1.29 is 14.4 Å². The standard InChI is InChI=1S/C15H22N2O4/c1-12(2)6-8-21-15-10-13(11-16-7-9-20-3)4-5-14(15)17(18)19/h4-6,10,16H,7-9,11H2,1-3H3. The van der Waals surface area contributed by atoms with Crippen LogP contribution in [-0.2, 0) is 11.3 Å². The second-order valence-corrected chi connectivity index (χ2v) is 4.82. The zero-order valence-electron chi connectivity index (χ0n) is 12.7. The van der Waals surface area contributed by atoms with Crippen LogP contribution in [0.2, 0.25) is 0 Å². The van der Waals surface area contributed by atoms with Gasteiger partial charge in [0.25, 0.3) is 0 Å². The summed E-state index contributed by atoms with van der Waals surface area (Å²) < 4.78 is 10.5. The number of nitrogens with one attached hydrogen (secondary N) is 1. The van der Waals surface area contributed by atoms with Crippen LogP contribution in [0.15, 0.2) is 29.8 Å². The Kier molecular flexibility index (Phi) is 7.42. The van der Waals surface area contributed by atoms with Crippen LogP contribution < -0.4 is 10.1 Å². The maximum absolute atomic E-state index is 11.0. The topological polar surface area (TPSA) is 73.6 Å². The third kappa shape index (κ3) is 6.37. The van der Waals surface area contributed by atoms with Crippen molar-refractivity contribution in [2.75, 3.05) is 26.9 Å². The SMILES string of the molecule is COCCNCc1ccc([N+](=O)[O-])c(OCC=C(C)C)c1. The lowest BCUT2D eigenvalue weighted by atomic mass is 10.2. The van der Waals surface area contributed by atoms with E-state index in [1.165, 1.54) is 6.07 Å². The van der Waals surface area contributed by atoms with Gasteiger partial charge in [-0.2, -0.15) is 0 Å². The lowest BCUT2D eigenvalue weighted by Gasteiger charge is -2.08. The van der Waals surface area contributed by atoms with Crippen LogP contribution in [0, 0.1) is 10.1 Å². The van der Waals surface area contributed by atoms with Gasteiger partial charge in [-0.3, -0.25) is 10.1 Å². The van der Waals surface area contributed by atoms with E-state index in [0.29, 0.717) is 25.5 Å². The number of allylic oxidation sites excluding steroid dienone is 1. The normalized spacial score (nSPS) is 10.2. The van der Waals surface area contributed by atoms with Crippen molar-refractivity contribution in [3.63, 3.8) is 0 Å². The highest BCUT2D eigenvalue weighted by Gasteiger charge is 2.15. The summed E-state index contributed by atoms with van der Waals surface area (Å²) in [6.07, 6.45) is 1.88. The summed E-state index contributed by atoms with van der Waals surface area (Å²) in [4.78, 5) is 10.6. The molecule has 0 aliphatic rings. The maximum atomic E-state index is 11.0. The molecule has 0 fully saturated rings. The Hall–Kier alpha value is -1.92. The molecule has 0 spiro atoms. The molecule has 0 aliphatic carbocycles. The molecule has 0 heterocycles. The van der Waals surface area contributed by atoms with Gasteiger partial charge in [0.15, 0.2) is 5.75 Å². The van der Waals surface area contributed by atoms with E-state index >= 15 is 0 Å². The molecule has 1 rings (SSSR count). The molecule has 0 atom stereocenters. The van der Waals surface area contributed by atoms with Gasteiger partial charge in [0, 0.05) is 26.3 Å². The molecule has 1 aromatic rings. The summed E-state index contributed by atoms with van der Waals surface area (Å²) in [5.74, 6) is 0.295. The Balaban J connectivity index is 2.75. The van der Waals surface area contributed by atoms with Crippen LogP contribution in [0.5, 0.6) is 5.75 Å². The van der Waals surface area contributed by atoms with Crippen LogP contribution in [-0.4, -0.2) is 31.8 Å². The zero-order valence-corrected chi connectivity index (χ0v) is 12.7. The number of ether oxygens (including phenoxy) is 2. The lowest BCUT2D eigenvalue weighted by molar-refractivity contribution is -0.385. The summed E-state index contributed by atoms with van der Waals surface area (Å²) in [7, 11) is 1.64. The van der Waals surface area contributed by atoms with Crippen LogP contribution in [0.25, 0.3) is 0 Å². The number of benzene rings is 1. The average molecular weight is 294 g/mol. The van der Waals surface area contributed by atoms with E-state index in [9.17, 15) is 10.1 Å². The first kappa shape index (κ1) is 17.1. The highest BCUT2D eigenvalue weighted by molar-refractivity contribution is 5.48. The minimum atomic E-state index is -0.431. The van der Waals surface area contributed by atoms with Crippen molar-refractivity contribution in [1.82, 2.24) is 5.32 Å². The number of hydrogen-bond donors (Lipinski definition) is 1. The van der Waals surface area contributed by atoms with Crippen molar-refractivity contribution in [3.8, 4) is 5.75 Å². The number of nitro groups is 1. The average Bonchev–Trinajstić information content (AvgIpc) is 2.43. The number of methoxy groups -OCH3 is 1. The second kappa shape index (κ2) is 9.10. The van der Waals surface area contributed by atoms with Gasteiger partial charge in [-0.15, -0.1) is 0 Å². The first-order valence-corrected chi connectivity index (χ1v) is 6.77. The van der Waals surface area contributed by atoms with Crippen molar-refractivity contribution in [1.29, 1.82) is 0 Å². The van der Waals surface area contributed by atoms with Crippen LogP contribution in [0.1, 0.15) is 19.4 Å². The third-order valence-electron chi connectivity index (χ3n) is 2.76. The van der Waals surface area contributed by atoms with Gasteiger partial charge in [0.1, 0.15) is 6.61 Å². The minimum absolute atomic E-state index is 0.0159. The highest BCUT2D eigenvalue weighted by atomic mass is 16.6. The molecule has 0 amide bonds. The van der Waals surface area contributed by atoms with Crippen molar-refractivity contribution in [2.45, 2.75) is 20.4 Å². The molecular weight excluding hydrogens is 272 g/mol. The van der Waals surface area contributed by atoms with E-state index < -0.39 is 4.92 Å². The fraction of sp³-hybridized carbons (Fsp3) is 0.467. The summed E-state index contributed by atoms with van der Waals surface area (Å²) in [5.41, 5.74) is 2.02. The Morgan fingerprint density at radius 2 is 2.19 bits per heavy atom. The molecule has 0 aliphatic heterocycles. The fourth-order valence-corrected chi connectivity index (χ4v) is 1.64. The van der Waals surface area contributed by atoms with Gasteiger partial charge in [0.2, 0.25) is 0 Å². The van der Waals surface area contributed by atoms with E-state index in [1.54, 1.807) is 19.2 Å². The largest absolute Gasteiger partial charge is 0.483 e. The number of rotatable bonds is 9. The lowest BCUT2D eigenvalue weighted by Crippen LogP contribution is -2.18. The Morgan fingerprint density at radius 3 is 2.81 bits per heavy atom. The van der Waals surface area contributed by atoms with Gasteiger partial charge in [0.05, 0.1) is 11.5 Å². The number of nitro benzene ring substituents is 1. The van der Waals surface area contributed by atoms with E-state index in [2.05, 4.69) is 5.32 Å². The fourth-order valence-electron chi connectivity index (χ4n) is 1.64. The summed E-state index contributed by atoms with van der Waals surface area (Å²) in [6, 6.07) is 4.91. The van der Waals surface area contributed by atoms with Crippen LogP contribution >= 0.6 is 0 Å². The molecule has 0 aromatic heterocycles. The molecule has 1 N–H and O–H groups in total. The molecule has 6 nitrogen and oxygen atoms in total. The van der Waals surface area contributed by atoms with Crippen molar-refractivity contribution >= 4 is 5.69 Å². The van der Waals surface area contributed by atoms with E-state index in [0.717, 1.165) is 17.7 Å². The van der Waals surface area contributed by atoms with Gasteiger partial charge < -0.3 is 14.8 Å². The Labute approximate surface area is 124 Å². The zero-order chi connectivity index (χ0) is 15.7. The molecule has 116 valence electrons. The summed E-state index contributed by atoms with van der Waals surface area (Å²) >= 11 is 0. The Bertz CT molecular complexity index is 496. The Morgan fingerprint density at radius 1 is 1.43 bits per heavy atom. The van der Waals surface area contributed by atoms with Crippen LogP contribution in [0.4, 0.5) is 5.69 Å². The van der Waals surface area contributed by atoms with E-state index in [4.69, 9.17) is 9.47 Å². The number of hydrogen-bond acceptors (Lipinski definition) is 5. The molecule has 1 aromatic carbocycles. The summed E-state index contributed by atoms with van der Waals surface area (Å²) in [5, 5.41) is 14.2. The molecule has 0 saturated carbocycles. The maximum Gasteiger partial charge on any atom is 0.310 e. The second-order valence-electron chi connectivity index (χ2n) is 4.82. The van der Waals surface area contributed by atoms with E-state index in [-0.39, 0.29) is 5.69 Å². The molecule has 0 bridgehead atoms. The first-order chi connectivity index (χ1) is 10.0. The first-order valence-electron chi connectivity index (χ1n) is 6.77. The monoisotopic (exact) mass is 294 g/mol. The quantitative estimate of drug-likeness (QED) is 0.328. The van der Waals surface area contributed by atoms with Crippen molar-refractivity contribution in [3.05, 3.63) is 45.5 Å². The molecule has 0 radical (unpaired) electrons. The van der Waals surface area contributed by atoms with Gasteiger partial charge in [-0.25, -0.2) is 0 Å². The molecular formula is C15H22N2O4.